The van der Waals surface area contributed by atoms with Gasteiger partial charge in [0, 0.05) is 19.4 Å². The van der Waals surface area contributed by atoms with E-state index in [0.717, 1.165) is 57.8 Å². The molecule has 68 heavy (non-hydrogen) atoms. The molecule has 0 fully saturated rings. The van der Waals surface area contributed by atoms with Crippen LogP contribution in [0.1, 0.15) is 303 Å². The van der Waals surface area contributed by atoms with Crippen molar-refractivity contribution >= 4 is 11.9 Å². The second-order valence-electron chi connectivity index (χ2n) is 19.9. The largest absolute Gasteiger partial charge is 0.462 e. The van der Waals surface area contributed by atoms with Crippen molar-refractivity contribution in [1.29, 1.82) is 0 Å². The van der Waals surface area contributed by atoms with Gasteiger partial charge in [-0.05, 0) is 109 Å². The minimum Gasteiger partial charge on any atom is -0.462 e. The molecule has 0 aliphatic heterocycles. The van der Waals surface area contributed by atoms with Crippen molar-refractivity contribution in [1.82, 2.24) is 0 Å². The average Bonchev–Trinajstić information content (AvgIpc) is 3.34. The van der Waals surface area contributed by atoms with Crippen LogP contribution in [0.25, 0.3) is 0 Å². The Kier molecular flexibility index (Phi) is 56.8. The van der Waals surface area contributed by atoms with E-state index in [-0.39, 0.29) is 25.2 Å². The molecule has 0 saturated heterocycles. The highest BCUT2D eigenvalue weighted by atomic mass is 16.6. The molecular formula is C63H114O5. The molecular weight excluding hydrogens is 837 g/mol. The topological polar surface area (TPSA) is 61.8 Å². The highest BCUT2D eigenvalue weighted by molar-refractivity contribution is 5.70. The first-order valence-electron chi connectivity index (χ1n) is 29.8. The highest BCUT2D eigenvalue weighted by Crippen LogP contribution is 2.15. The lowest BCUT2D eigenvalue weighted by Crippen LogP contribution is -2.30. The van der Waals surface area contributed by atoms with E-state index in [4.69, 9.17) is 14.2 Å². The maximum absolute atomic E-state index is 12.9. The van der Waals surface area contributed by atoms with Crippen molar-refractivity contribution in [3.8, 4) is 0 Å². The normalized spacial score (nSPS) is 12.6. The molecule has 0 amide bonds. The van der Waals surface area contributed by atoms with Gasteiger partial charge in [0.2, 0.25) is 0 Å². The number of ether oxygens (including phenoxy) is 3. The van der Waals surface area contributed by atoms with Crippen LogP contribution in [0.2, 0.25) is 0 Å². The van der Waals surface area contributed by atoms with Crippen LogP contribution in [-0.4, -0.2) is 37.9 Å². The molecule has 0 N–H and O–H groups in total. The summed E-state index contributed by atoms with van der Waals surface area (Å²) >= 11 is 0. The summed E-state index contributed by atoms with van der Waals surface area (Å²) in [6, 6.07) is 0. The van der Waals surface area contributed by atoms with Gasteiger partial charge in [-0.3, -0.25) is 9.59 Å². The number of allylic oxidation sites excluding steroid dienone is 10. The van der Waals surface area contributed by atoms with Crippen molar-refractivity contribution in [2.45, 2.75) is 309 Å². The van der Waals surface area contributed by atoms with E-state index >= 15 is 0 Å². The van der Waals surface area contributed by atoms with Gasteiger partial charge >= 0.3 is 11.9 Å². The van der Waals surface area contributed by atoms with Gasteiger partial charge in [-0.15, -0.1) is 0 Å². The second kappa shape index (κ2) is 58.9. The van der Waals surface area contributed by atoms with Crippen LogP contribution in [0.3, 0.4) is 0 Å². The average molecular weight is 952 g/mol. The van der Waals surface area contributed by atoms with E-state index in [9.17, 15) is 9.59 Å². The molecule has 0 aliphatic carbocycles. The Morgan fingerprint density at radius 2 is 0.618 bits per heavy atom. The van der Waals surface area contributed by atoms with E-state index in [1.54, 1.807) is 0 Å². The lowest BCUT2D eigenvalue weighted by atomic mass is 10.1. The third-order valence-electron chi connectivity index (χ3n) is 13.0. The zero-order valence-corrected chi connectivity index (χ0v) is 45.6. The van der Waals surface area contributed by atoms with Crippen molar-refractivity contribution in [2.24, 2.45) is 0 Å². The maximum Gasteiger partial charge on any atom is 0.306 e. The van der Waals surface area contributed by atoms with Gasteiger partial charge in [0.15, 0.2) is 6.10 Å². The first-order valence-corrected chi connectivity index (χ1v) is 29.8. The van der Waals surface area contributed by atoms with Gasteiger partial charge in [0.25, 0.3) is 0 Å². The third kappa shape index (κ3) is 56.2. The summed E-state index contributed by atoms with van der Waals surface area (Å²) in [5, 5.41) is 0. The molecule has 0 spiro atoms. The van der Waals surface area contributed by atoms with Gasteiger partial charge in [-0.1, -0.05) is 242 Å². The fraction of sp³-hybridized carbons (Fsp3) is 0.810. The number of unbranched alkanes of at least 4 members (excludes halogenated alkanes) is 34. The second-order valence-corrected chi connectivity index (χ2v) is 19.9. The Morgan fingerprint density at radius 1 is 0.324 bits per heavy atom. The Bertz CT molecular complexity index is 1170. The Hall–Kier alpha value is -2.40. The summed E-state index contributed by atoms with van der Waals surface area (Å²) in [5.41, 5.74) is 0. The zero-order valence-electron chi connectivity index (χ0n) is 45.6. The Morgan fingerprint density at radius 3 is 1.01 bits per heavy atom. The van der Waals surface area contributed by atoms with Gasteiger partial charge in [0.05, 0.1) is 6.61 Å². The van der Waals surface area contributed by atoms with Gasteiger partial charge in [-0.25, -0.2) is 0 Å². The van der Waals surface area contributed by atoms with Crippen LogP contribution >= 0.6 is 0 Å². The molecule has 1 atom stereocenters. The fourth-order valence-corrected chi connectivity index (χ4v) is 8.51. The molecule has 0 heterocycles. The summed E-state index contributed by atoms with van der Waals surface area (Å²) in [4.78, 5) is 25.6. The quantitative estimate of drug-likeness (QED) is 0.0345. The summed E-state index contributed by atoms with van der Waals surface area (Å²) in [7, 11) is 0. The van der Waals surface area contributed by atoms with Crippen LogP contribution in [0.4, 0.5) is 0 Å². The number of carbonyl (C=O) groups is 2. The molecule has 0 radical (unpaired) electrons. The molecule has 0 rings (SSSR count). The summed E-state index contributed by atoms with van der Waals surface area (Å²) < 4.78 is 17.5. The number of hydrogen-bond donors (Lipinski definition) is 0. The lowest BCUT2D eigenvalue weighted by molar-refractivity contribution is -0.163. The molecule has 5 nitrogen and oxygen atoms in total. The van der Waals surface area contributed by atoms with Gasteiger partial charge in [-0.2, -0.15) is 0 Å². The van der Waals surface area contributed by atoms with Crippen LogP contribution < -0.4 is 0 Å². The molecule has 0 aromatic carbocycles. The Balaban J connectivity index is 4.28. The summed E-state index contributed by atoms with van der Waals surface area (Å²) in [6.07, 6.45) is 75.2. The van der Waals surface area contributed by atoms with E-state index in [1.165, 1.54) is 212 Å². The molecule has 0 aliphatic rings. The molecule has 1 unspecified atom stereocenters. The van der Waals surface area contributed by atoms with E-state index < -0.39 is 6.10 Å². The maximum atomic E-state index is 12.9. The first-order chi connectivity index (χ1) is 33.6. The van der Waals surface area contributed by atoms with Crippen LogP contribution in [0.5, 0.6) is 0 Å². The summed E-state index contributed by atoms with van der Waals surface area (Å²) in [6.45, 7) is 7.78. The molecule has 0 bridgehead atoms. The van der Waals surface area contributed by atoms with Crippen molar-refractivity contribution in [3.05, 3.63) is 60.8 Å². The SMILES string of the molecule is CCCCC/C=C\C/C=C\CCCCCCCCCCCC(=O)OCC(COCCCCCCCC/C=C\C/C=C\CCCCC)OC(=O)CCCCCCCCC/C=C\CCCCCCCC. The fourth-order valence-electron chi connectivity index (χ4n) is 8.51. The molecule has 0 aromatic rings. The summed E-state index contributed by atoms with van der Waals surface area (Å²) in [5.74, 6) is -0.401. The predicted molar refractivity (Wildman–Crippen MR) is 298 cm³/mol. The highest BCUT2D eigenvalue weighted by Gasteiger charge is 2.17. The molecule has 0 saturated carbocycles. The van der Waals surface area contributed by atoms with Crippen molar-refractivity contribution < 1.29 is 23.8 Å². The number of rotatable bonds is 55. The van der Waals surface area contributed by atoms with Crippen LogP contribution in [-0.2, 0) is 23.8 Å². The van der Waals surface area contributed by atoms with Crippen LogP contribution in [0.15, 0.2) is 60.8 Å². The smallest absolute Gasteiger partial charge is 0.306 e. The Labute approximate surface area is 424 Å². The van der Waals surface area contributed by atoms with Crippen molar-refractivity contribution in [3.63, 3.8) is 0 Å². The molecule has 396 valence electrons. The molecule has 0 aromatic heterocycles. The van der Waals surface area contributed by atoms with Crippen molar-refractivity contribution in [2.75, 3.05) is 19.8 Å². The molecule has 5 heteroatoms. The van der Waals surface area contributed by atoms with E-state index in [0.29, 0.717) is 19.4 Å². The van der Waals surface area contributed by atoms with Gasteiger partial charge in [0.1, 0.15) is 6.61 Å². The van der Waals surface area contributed by atoms with E-state index in [2.05, 4.69) is 81.5 Å². The number of esters is 2. The monoisotopic (exact) mass is 951 g/mol. The lowest BCUT2D eigenvalue weighted by Gasteiger charge is -2.18. The number of carbonyl (C=O) groups excluding carboxylic acids is 2. The minimum atomic E-state index is -0.547. The predicted octanol–water partition coefficient (Wildman–Crippen LogP) is 20.5. The van der Waals surface area contributed by atoms with Gasteiger partial charge < -0.3 is 14.2 Å². The van der Waals surface area contributed by atoms with Crippen LogP contribution in [0, 0.1) is 0 Å². The third-order valence-corrected chi connectivity index (χ3v) is 13.0. The number of hydrogen-bond acceptors (Lipinski definition) is 5. The minimum absolute atomic E-state index is 0.0778. The zero-order chi connectivity index (χ0) is 49.2. The standard InChI is InChI=1S/C63H114O5/c1-4-7-10-13-16-19-22-25-28-31-32-34-35-38-41-44-47-50-53-56-62(64)67-60-61(59-66-58-55-52-49-46-43-40-37-30-27-24-21-18-15-12-9-6-3)68-63(65)57-54-51-48-45-42-39-36-33-29-26-23-20-17-14-11-8-5-2/h16,18-19,21,25-30,61H,4-15,17,20,22-24,31-60H2,1-3H3/b19-16-,21-18-,28-25-,29-26-,30-27-. The van der Waals surface area contributed by atoms with E-state index in [1.807, 2.05) is 0 Å². The first kappa shape index (κ1) is 65.6.